The zero-order chi connectivity index (χ0) is 18.5. The molecule has 0 spiro atoms. The number of carbonyl (C=O) groups excluding carboxylic acids is 1. The maximum atomic E-state index is 12.1. The molecule has 0 unspecified atom stereocenters. The molecule has 3 aromatic rings. The Kier molecular flexibility index (Phi) is 5.48. The van der Waals surface area contributed by atoms with Crippen LogP contribution < -0.4 is 14.8 Å². The molecule has 3 rings (SSSR count). The van der Waals surface area contributed by atoms with Crippen molar-refractivity contribution in [3.05, 3.63) is 53.6 Å². The van der Waals surface area contributed by atoms with Gasteiger partial charge >= 0.3 is 0 Å². The van der Waals surface area contributed by atoms with Gasteiger partial charge in [-0.1, -0.05) is 6.07 Å². The summed E-state index contributed by atoms with van der Waals surface area (Å²) in [5.41, 5.74) is 3.16. The van der Waals surface area contributed by atoms with Gasteiger partial charge in [0.25, 0.3) is 5.91 Å². The van der Waals surface area contributed by atoms with Crippen LogP contribution in [0, 0.1) is 13.8 Å². The van der Waals surface area contributed by atoms with Crippen molar-refractivity contribution in [1.82, 2.24) is 9.36 Å². The molecule has 26 heavy (non-hydrogen) atoms. The van der Waals surface area contributed by atoms with Gasteiger partial charge in [-0.3, -0.25) is 10.1 Å². The van der Waals surface area contributed by atoms with E-state index in [2.05, 4.69) is 14.7 Å². The third-order valence-electron chi connectivity index (χ3n) is 3.87. The Morgan fingerprint density at radius 2 is 1.81 bits per heavy atom. The minimum absolute atomic E-state index is 0.0834. The lowest BCUT2D eigenvalue weighted by Gasteiger charge is -2.07. The van der Waals surface area contributed by atoms with Crippen LogP contribution in [-0.2, 0) is 4.79 Å². The highest BCUT2D eigenvalue weighted by atomic mass is 32.1. The summed E-state index contributed by atoms with van der Waals surface area (Å²) >= 11 is 1.13. The number of methoxy groups -OCH3 is 1. The second-order valence-electron chi connectivity index (χ2n) is 5.73. The average Bonchev–Trinajstić information content (AvgIpc) is 3.11. The summed E-state index contributed by atoms with van der Waals surface area (Å²) in [6.07, 6.45) is 0. The van der Waals surface area contributed by atoms with Crippen molar-refractivity contribution in [2.24, 2.45) is 0 Å². The maximum Gasteiger partial charge on any atom is 0.264 e. The Balaban J connectivity index is 1.57. The number of benzene rings is 2. The number of nitrogens with zero attached hydrogens (tertiary/aromatic N) is 2. The van der Waals surface area contributed by atoms with Gasteiger partial charge in [0, 0.05) is 17.1 Å². The number of nitrogens with one attached hydrogen (secondary N) is 1. The van der Waals surface area contributed by atoms with E-state index in [0.717, 1.165) is 28.4 Å². The molecule has 0 aliphatic rings. The quantitative estimate of drug-likeness (QED) is 0.714. The number of ether oxygens (including phenoxy) is 2. The van der Waals surface area contributed by atoms with E-state index in [9.17, 15) is 4.79 Å². The second kappa shape index (κ2) is 7.97. The minimum atomic E-state index is -0.277. The lowest BCUT2D eigenvalue weighted by atomic mass is 10.1. The molecule has 1 heterocycles. The number of hydrogen-bond acceptors (Lipinski definition) is 6. The van der Waals surface area contributed by atoms with Gasteiger partial charge in [-0.05, 0) is 61.4 Å². The zero-order valence-electron chi connectivity index (χ0n) is 14.8. The first-order chi connectivity index (χ1) is 12.5. The van der Waals surface area contributed by atoms with Gasteiger partial charge in [0.15, 0.2) is 12.4 Å². The largest absolute Gasteiger partial charge is 0.497 e. The Morgan fingerprint density at radius 1 is 1.08 bits per heavy atom. The van der Waals surface area contributed by atoms with Crippen LogP contribution in [-0.4, -0.2) is 29.0 Å². The molecule has 0 bridgehead atoms. The van der Waals surface area contributed by atoms with Crippen LogP contribution >= 0.6 is 11.5 Å². The average molecular weight is 369 g/mol. The molecule has 2 aromatic carbocycles. The highest BCUT2D eigenvalue weighted by Crippen LogP contribution is 2.23. The van der Waals surface area contributed by atoms with Gasteiger partial charge in [0.05, 0.1) is 7.11 Å². The SMILES string of the molecule is COc1ccc(-c2nsc(NC(=O)COc3ccc(C)c(C)c3)n2)cc1. The van der Waals surface area contributed by atoms with Gasteiger partial charge in [-0.2, -0.15) is 9.36 Å². The van der Waals surface area contributed by atoms with Gasteiger partial charge in [0.2, 0.25) is 5.13 Å². The third-order valence-corrected chi connectivity index (χ3v) is 4.50. The summed E-state index contributed by atoms with van der Waals surface area (Å²) < 4.78 is 14.9. The number of aromatic nitrogens is 2. The molecule has 0 aliphatic heterocycles. The van der Waals surface area contributed by atoms with Crippen LogP contribution in [0.3, 0.4) is 0 Å². The minimum Gasteiger partial charge on any atom is -0.497 e. The maximum absolute atomic E-state index is 12.1. The lowest BCUT2D eigenvalue weighted by Crippen LogP contribution is -2.20. The number of anilines is 1. The first kappa shape index (κ1) is 17.9. The number of rotatable bonds is 6. The molecule has 1 N–H and O–H groups in total. The highest BCUT2D eigenvalue weighted by Gasteiger charge is 2.10. The van der Waals surface area contributed by atoms with Crippen LogP contribution in [0.5, 0.6) is 11.5 Å². The van der Waals surface area contributed by atoms with Gasteiger partial charge in [-0.15, -0.1) is 0 Å². The summed E-state index contributed by atoms with van der Waals surface area (Å²) in [5.74, 6) is 1.71. The van der Waals surface area contributed by atoms with E-state index < -0.39 is 0 Å². The van der Waals surface area contributed by atoms with Crippen molar-refractivity contribution in [3.8, 4) is 22.9 Å². The topological polar surface area (TPSA) is 73.3 Å². The van der Waals surface area contributed by atoms with Crippen molar-refractivity contribution in [2.45, 2.75) is 13.8 Å². The first-order valence-electron chi connectivity index (χ1n) is 8.03. The zero-order valence-corrected chi connectivity index (χ0v) is 15.6. The molecular formula is C19H19N3O3S. The van der Waals surface area contributed by atoms with Crippen LogP contribution in [0.25, 0.3) is 11.4 Å². The Morgan fingerprint density at radius 3 is 2.50 bits per heavy atom. The molecule has 0 fully saturated rings. The lowest BCUT2D eigenvalue weighted by molar-refractivity contribution is -0.118. The standard InChI is InChI=1S/C19H19N3O3S/c1-12-4-7-16(10-13(12)2)25-11-17(23)20-19-21-18(22-26-19)14-5-8-15(24-3)9-6-14/h4-10H,11H2,1-3H3,(H,20,21,22,23). The van der Waals surface area contributed by atoms with Crippen molar-refractivity contribution < 1.29 is 14.3 Å². The predicted octanol–water partition coefficient (Wildman–Crippen LogP) is 3.85. The van der Waals surface area contributed by atoms with E-state index in [4.69, 9.17) is 9.47 Å². The van der Waals surface area contributed by atoms with Crippen LogP contribution in [0.1, 0.15) is 11.1 Å². The van der Waals surface area contributed by atoms with E-state index in [0.29, 0.717) is 16.7 Å². The fourth-order valence-corrected chi connectivity index (χ4v) is 2.85. The predicted molar refractivity (Wildman–Crippen MR) is 102 cm³/mol. The molecule has 0 aliphatic carbocycles. The summed E-state index contributed by atoms with van der Waals surface area (Å²) in [7, 11) is 1.61. The van der Waals surface area contributed by atoms with E-state index in [1.54, 1.807) is 7.11 Å². The fourth-order valence-electron chi connectivity index (χ4n) is 2.24. The van der Waals surface area contributed by atoms with E-state index in [1.165, 1.54) is 5.56 Å². The Bertz CT molecular complexity index is 907. The van der Waals surface area contributed by atoms with Gasteiger partial charge in [0.1, 0.15) is 11.5 Å². The summed E-state index contributed by atoms with van der Waals surface area (Å²) in [5, 5.41) is 3.14. The number of amides is 1. The molecule has 7 heteroatoms. The molecule has 0 saturated heterocycles. The number of hydrogen-bond donors (Lipinski definition) is 1. The van der Waals surface area contributed by atoms with Crippen molar-refractivity contribution in [3.63, 3.8) is 0 Å². The molecule has 0 atom stereocenters. The van der Waals surface area contributed by atoms with Gasteiger partial charge in [-0.25, -0.2) is 0 Å². The molecular weight excluding hydrogens is 350 g/mol. The number of aryl methyl sites for hydroxylation is 2. The fraction of sp³-hybridized carbons (Fsp3) is 0.211. The Labute approximate surface area is 156 Å². The normalized spacial score (nSPS) is 10.4. The van der Waals surface area contributed by atoms with Crippen molar-refractivity contribution >= 4 is 22.6 Å². The van der Waals surface area contributed by atoms with Crippen molar-refractivity contribution in [2.75, 3.05) is 19.0 Å². The molecule has 134 valence electrons. The molecule has 1 aromatic heterocycles. The van der Waals surface area contributed by atoms with Gasteiger partial charge < -0.3 is 9.47 Å². The Hall–Kier alpha value is -2.93. The van der Waals surface area contributed by atoms with E-state index in [1.807, 2.05) is 56.3 Å². The first-order valence-corrected chi connectivity index (χ1v) is 8.80. The van der Waals surface area contributed by atoms with E-state index >= 15 is 0 Å². The summed E-state index contributed by atoms with van der Waals surface area (Å²) in [6.45, 7) is 3.95. The molecule has 0 saturated carbocycles. The van der Waals surface area contributed by atoms with Crippen LogP contribution in [0.15, 0.2) is 42.5 Å². The van der Waals surface area contributed by atoms with Crippen molar-refractivity contribution in [1.29, 1.82) is 0 Å². The number of carbonyl (C=O) groups is 1. The van der Waals surface area contributed by atoms with Crippen LogP contribution in [0.2, 0.25) is 0 Å². The summed E-state index contributed by atoms with van der Waals surface area (Å²) in [6, 6.07) is 13.1. The summed E-state index contributed by atoms with van der Waals surface area (Å²) in [4.78, 5) is 16.4. The van der Waals surface area contributed by atoms with E-state index in [-0.39, 0.29) is 12.5 Å². The molecule has 0 radical (unpaired) electrons. The second-order valence-corrected chi connectivity index (χ2v) is 6.49. The highest BCUT2D eigenvalue weighted by molar-refractivity contribution is 7.10. The van der Waals surface area contributed by atoms with Crippen LogP contribution in [0.4, 0.5) is 5.13 Å². The molecule has 6 nitrogen and oxygen atoms in total. The smallest absolute Gasteiger partial charge is 0.264 e. The molecule has 1 amide bonds. The third kappa shape index (κ3) is 4.37. The monoisotopic (exact) mass is 369 g/mol.